The lowest BCUT2D eigenvalue weighted by atomic mass is 9.94. The number of hydrogen-bond donors (Lipinski definition) is 0. The Morgan fingerprint density at radius 3 is 2.46 bits per heavy atom. The summed E-state index contributed by atoms with van der Waals surface area (Å²) < 4.78 is 38.4. The number of nitrogens with zero attached hydrogens (tertiary/aromatic N) is 3. The van der Waals surface area contributed by atoms with Crippen molar-refractivity contribution in [3.8, 4) is 0 Å². The van der Waals surface area contributed by atoms with Crippen LogP contribution in [0.25, 0.3) is 0 Å². The van der Waals surface area contributed by atoms with Crippen molar-refractivity contribution in [1.29, 1.82) is 0 Å². The summed E-state index contributed by atoms with van der Waals surface area (Å²) in [6.45, 7) is 3.44. The second kappa shape index (κ2) is 7.92. The molecule has 1 aromatic carbocycles. The van der Waals surface area contributed by atoms with Crippen molar-refractivity contribution in [2.45, 2.75) is 32.4 Å². The summed E-state index contributed by atoms with van der Waals surface area (Å²) >= 11 is 0. The average Bonchev–Trinajstić information content (AvgIpc) is 2.60. The van der Waals surface area contributed by atoms with Gasteiger partial charge in [-0.2, -0.15) is 13.2 Å². The van der Waals surface area contributed by atoms with Gasteiger partial charge in [0.15, 0.2) is 0 Å². The van der Waals surface area contributed by atoms with Crippen molar-refractivity contribution in [3.63, 3.8) is 0 Å². The first kappa shape index (κ1) is 20.0. The number of hydrogen-bond acceptors (Lipinski definition) is 4. The summed E-state index contributed by atoms with van der Waals surface area (Å²) in [7, 11) is 1.75. The van der Waals surface area contributed by atoms with Gasteiger partial charge >= 0.3 is 6.18 Å². The Morgan fingerprint density at radius 2 is 1.96 bits per heavy atom. The second-order valence-corrected chi connectivity index (χ2v) is 6.48. The summed E-state index contributed by atoms with van der Waals surface area (Å²) in [6, 6.07) is 2.57. The minimum atomic E-state index is -4.63. The Morgan fingerprint density at radius 1 is 1.35 bits per heavy atom. The summed E-state index contributed by atoms with van der Waals surface area (Å²) in [5, 5.41) is 11.2. The molecule has 0 unspecified atom stereocenters. The maximum atomic E-state index is 12.8. The number of nitro benzene ring substituents is 1. The lowest BCUT2D eigenvalue weighted by molar-refractivity contribution is -0.384. The predicted molar refractivity (Wildman–Crippen MR) is 91.0 cm³/mol. The molecule has 0 spiro atoms. The minimum absolute atomic E-state index is 0.0495. The van der Waals surface area contributed by atoms with Crippen LogP contribution in [0.3, 0.4) is 0 Å². The largest absolute Gasteiger partial charge is 0.416 e. The minimum Gasteiger partial charge on any atom is -0.366 e. The van der Waals surface area contributed by atoms with Crippen LogP contribution in [0.4, 0.5) is 24.5 Å². The highest BCUT2D eigenvalue weighted by atomic mass is 19.4. The Hall–Kier alpha value is -2.32. The fraction of sp³-hybridized carbons (Fsp3) is 0.588. The number of rotatable bonds is 5. The van der Waals surface area contributed by atoms with E-state index in [1.54, 1.807) is 16.8 Å². The van der Waals surface area contributed by atoms with E-state index in [1.165, 1.54) is 0 Å². The van der Waals surface area contributed by atoms with Gasteiger partial charge in [0, 0.05) is 38.7 Å². The van der Waals surface area contributed by atoms with E-state index < -0.39 is 22.4 Å². The number of piperidine rings is 1. The molecule has 0 saturated carbocycles. The molecule has 0 radical (unpaired) electrons. The molecule has 1 fully saturated rings. The van der Waals surface area contributed by atoms with Crippen LogP contribution in [0, 0.1) is 16.0 Å². The maximum absolute atomic E-state index is 12.8. The number of halogens is 3. The predicted octanol–water partition coefficient (Wildman–Crippen LogP) is 3.70. The summed E-state index contributed by atoms with van der Waals surface area (Å²) in [6.07, 6.45) is -2.73. The van der Waals surface area contributed by atoms with Gasteiger partial charge in [-0.3, -0.25) is 14.9 Å². The number of alkyl halides is 3. The SMILES string of the molecule is CCCN(C)C(=O)C1CCN(c2ccc(C(F)(F)F)cc2[N+](=O)[O-])CC1. The summed E-state index contributed by atoms with van der Waals surface area (Å²) in [4.78, 5) is 26.1. The van der Waals surface area contributed by atoms with Crippen molar-refractivity contribution < 1.29 is 22.9 Å². The Bertz CT molecular complexity index is 671. The Kier molecular flexibility index (Phi) is 6.09. The molecule has 26 heavy (non-hydrogen) atoms. The first-order chi connectivity index (χ1) is 12.1. The quantitative estimate of drug-likeness (QED) is 0.583. The van der Waals surface area contributed by atoms with E-state index >= 15 is 0 Å². The molecule has 0 aliphatic carbocycles. The van der Waals surface area contributed by atoms with Crippen molar-refractivity contribution >= 4 is 17.3 Å². The number of nitro groups is 1. The monoisotopic (exact) mass is 373 g/mol. The number of anilines is 1. The zero-order chi connectivity index (χ0) is 19.5. The van der Waals surface area contributed by atoms with E-state index in [0.29, 0.717) is 38.5 Å². The number of carbonyl (C=O) groups excluding carboxylic acids is 1. The third-order valence-corrected chi connectivity index (χ3v) is 4.62. The van der Waals surface area contributed by atoms with Crippen LogP contribution in [-0.2, 0) is 11.0 Å². The van der Waals surface area contributed by atoms with E-state index in [2.05, 4.69) is 0 Å². The molecule has 1 amide bonds. The molecule has 9 heteroatoms. The van der Waals surface area contributed by atoms with Crippen LogP contribution in [0.1, 0.15) is 31.7 Å². The molecule has 0 N–H and O–H groups in total. The van der Waals surface area contributed by atoms with Crippen LogP contribution in [0.15, 0.2) is 18.2 Å². The van der Waals surface area contributed by atoms with E-state index in [1.807, 2.05) is 6.92 Å². The first-order valence-electron chi connectivity index (χ1n) is 8.50. The van der Waals surface area contributed by atoms with E-state index in [9.17, 15) is 28.1 Å². The number of benzene rings is 1. The van der Waals surface area contributed by atoms with Crippen molar-refractivity contribution in [2.75, 3.05) is 31.6 Å². The summed E-state index contributed by atoms with van der Waals surface area (Å²) in [5.74, 6) is -0.107. The lowest BCUT2D eigenvalue weighted by Crippen LogP contribution is -2.41. The van der Waals surface area contributed by atoms with Crippen LogP contribution >= 0.6 is 0 Å². The van der Waals surface area contributed by atoms with Gasteiger partial charge < -0.3 is 9.80 Å². The molecule has 1 aliphatic heterocycles. The van der Waals surface area contributed by atoms with Gasteiger partial charge in [-0.1, -0.05) is 6.92 Å². The van der Waals surface area contributed by atoms with Crippen LogP contribution in [-0.4, -0.2) is 42.4 Å². The second-order valence-electron chi connectivity index (χ2n) is 6.48. The van der Waals surface area contributed by atoms with E-state index in [0.717, 1.165) is 18.6 Å². The first-order valence-corrected chi connectivity index (χ1v) is 8.50. The van der Waals surface area contributed by atoms with Gasteiger partial charge in [0.1, 0.15) is 5.69 Å². The third kappa shape index (κ3) is 4.44. The lowest BCUT2D eigenvalue weighted by Gasteiger charge is -2.34. The number of carbonyl (C=O) groups is 1. The molecular formula is C17H22F3N3O3. The fourth-order valence-corrected chi connectivity index (χ4v) is 3.24. The molecule has 1 aromatic rings. The smallest absolute Gasteiger partial charge is 0.366 e. The highest BCUT2D eigenvalue weighted by Crippen LogP contribution is 2.37. The number of amides is 1. The maximum Gasteiger partial charge on any atom is 0.416 e. The standard InChI is InChI=1S/C17H22F3N3O3/c1-3-8-21(2)16(24)12-6-9-22(10-7-12)14-5-4-13(17(18,19)20)11-15(14)23(25)26/h4-5,11-12H,3,6-10H2,1-2H3. The van der Waals surface area contributed by atoms with E-state index in [4.69, 9.17) is 0 Å². The molecule has 144 valence electrons. The van der Waals surface area contributed by atoms with Gasteiger partial charge in [0.2, 0.25) is 5.91 Å². The van der Waals surface area contributed by atoms with Gasteiger partial charge in [-0.25, -0.2) is 0 Å². The zero-order valence-electron chi connectivity index (χ0n) is 14.8. The van der Waals surface area contributed by atoms with Crippen LogP contribution in [0.2, 0.25) is 0 Å². The van der Waals surface area contributed by atoms with Gasteiger partial charge in [0.05, 0.1) is 10.5 Å². The molecule has 1 saturated heterocycles. The van der Waals surface area contributed by atoms with E-state index in [-0.39, 0.29) is 17.5 Å². The van der Waals surface area contributed by atoms with Crippen molar-refractivity contribution in [3.05, 3.63) is 33.9 Å². The molecule has 2 rings (SSSR count). The third-order valence-electron chi connectivity index (χ3n) is 4.62. The Labute approximate surface area is 149 Å². The topological polar surface area (TPSA) is 66.7 Å². The van der Waals surface area contributed by atoms with Gasteiger partial charge in [0.25, 0.3) is 5.69 Å². The molecule has 0 bridgehead atoms. The van der Waals surface area contributed by atoms with Gasteiger partial charge in [-0.15, -0.1) is 0 Å². The van der Waals surface area contributed by atoms with Crippen molar-refractivity contribution in [2.24, 2.45) is 5.92 Å². The normalized spacial score (nSPS) is 15.8. The average molecular weight is 373 g/mol. The molecule has 1 heterocycles. The van der Waals surface area contributed by atoms with Crippen LogP contribution < -0.4 is 4.90 Å². The zero-order valence-corrected chi connectivity index (χ0v) is 14.8. The molecule has 1 aliphatic rings. The molecular weight excluding hydrogens is 351 g/mol. The highest BCUT2D eigenvalue weighted by Gasteiger charge is 2.35. The van der Waals surface area contributed by atoms with Crippen molar-refractivity contribution in [1.82, 2.24) is 4.90 Å². The highest BCUT2D eigenvalue weighted by molar-refractivity contribution is 5.79. The molecule has 6 nitrogen and oxygen atoms in total. The molecule has 0 atom stereocenters. The van der Waals surface area contributed by atoms with Gasteiger partial charge in [-0.05, 0) is 31.4 Å². The fourth-order valence-electron chi connectivity index (χ4n) is 3.24. The van der Waals surface area contributed by atoms with Crippen LogP contribution in [0.5, 0.6) is 0 Å². The summed E-state index contributed by atoms with van der Waals surface area (Å²) in [5.41, 5.74) is -1.44. The Balaban J connectivity index is 2.14. The molecule has 0 aromatic heterocycles.